The second kappa shape index (κ2) is 4.99. The van der Waals surface area contributed by atoms with Crippen LogP contribution in [0.1, 0.15) is 18.6 Å². The van der Waals surface area contributed by atoms with Gasteiger partial charge in [0.15, 0.2) is 0 Å². The fraction of sp³-hybridized carbons (Fsp3) is 0.417. The summed E-state index contributed by atoms with van der Waals surface area (Å²) in [5.74, 6) is 0.709. The third-order valence-electron chi connectivity index (χ3n) is 2.87. The van der Waals surface area contributed by atoms with Crippen molar-refractivity contribution in [3.63, 3.8) is 0 Å². The van der Waals surface area contributed by atoms with E-state index in [0.717, 1.165) is 19.4 Å². The Kier molecular flexibility index (Phi) is 3.41. The van der Waals surface area contributed by atoms with Gasteiger partial charge in [-0.1, -0.05) is 0 Å². The monoisotopic (exact) mass is 220 g/mol. The van der Waals surface area contributed by atoms with Crippen LogP contribution in [0.5, 0.6) is 0 Å². The van der Waals surface area contributed by atoms with Crippen LogP contribution in [-0.2, 0) is 4.79 Å². The number of hydrogen-bond acceptors (Lipinski definition) is 3. The lowest BCUT2D eigenvalue weighted by atomic mass is 10.2. The lowest BCUT2D eigenvalue weighted by molar-refractivity contribution is -0.126. The zero-order chi connectivity index (χ0) is 11.4. The molecular weight excluding hydrogens is 204 g/mol. The van der Waals surface area contributed by atoms with Crippen molar-refractivity contribution in [3.8, 4) is 0 Å². The summed E-state index contributed by atoms with van der Waals surface area (Å²) in [6.07, 6.45) is 6.88. The molecule has 1 amide bonds. The maximum Gasteiger partial charge on any atom is 0.246 e. The summed E-state index contributed by atoms with van der Waals surface area (Å²) in [5.41, 5.74) is 5.62. The van der Waals surface area contributed by atoms with Gasteiger partial charge in [0, 0.05) is 25.2 Å². The molecule has 86 valence electrons. The number of carbonyl (C=O) groups excluding carboxylic acids is 1. The van der Waals surface area contributed by atoms with E-state index < -0.39 is 0 Å². The fourth-order valence-electron chi connectivity index (χ4n) is 2.01. The molecule has 0 aromatic carbocycles. The molecule has 0 bridgehead atoms. The Labute approximate surface area is 94.7 Å². The summed E-state index contributed by atoms with van der Waals surface area (Å²) in [6, 6.07) is 3.81. The first-order valence-corrected chi connectivity index (χ1v) is 5.53. The SMILES string of the molecule is NCC1CCCN1C(=O)/C=C/c1ccco1. The number of carbonyl (C=O) groups is 1. The summed E-state index contributed by atoms with van der Waals surface area (Å²) in [4.78, 5) is 13.7. The summed E-state index contributed by atoms with van der Waals surface area (Å²) in [7, 11) is 0. The molecule has 1 unspecified atom stereocenters. The molecule has 0 radical (unpaired) electrons. The van der Waals surface area contributed by atoms with Gasteiger partial charge in [-0.05, 0) is 31.1 Å². The first-order chi connectivity index (χ1) is 7.81. The van der Waals surface area contributed by atoms with E-state index in [1.807, 2.05) is 11.0 Å². The average molecular weight is 220 g/mol. The molecule has 1 aromatic rings. The van der Waals surface area contributed by atoms with Crippen LogP contribution in [0, 0.1) is 0 Å². The van der Waals surface area contributed by atoms with E-state index in [4.69, 9.17) is 10.2 Å². The summed E-state index contributed by atoms with van der Waals surface area (Å²) in [6.45, 7) is 1.35. The van der Waals surface area contributed by atoms with E-state index >= 15 is 0 Å². The van der Waals surface area contributed by atoms with Crippen molar-refractivity contribution in [2.45, 2.75) is 18.9 Å². The molecule has 1 fully saturated rings. The maximum atomic E-state index is 11.9. The van der Waals surface area contributed by atoms with Gasteiger partial charge in [0.25, 0.3) is 0 Å². The highest BCUT2D eigenvalue weighted by atomic mass is 16.3. The van der Waals surface area contributed by atoms with Gasteiger partial charge >= 0.3 is 0 Å². The molecule has 4 nitrogen and oxygen atoms in total. The van der Waals surface area contributed by atoms with Crippen molar-refractivity contribution in [2.24, 2.45) is 5.73 Å². The van der Waals surface area contributed by atoms with Crippen LogP contribution in [0.25, 0.3) is 6.08 Å². The first-order valence-electron chi connectivity index (χ1n) is 5.53. The molecular formula is C12H16N2O2. The normalized spacial score (nSPS) is 20.8. The highest BCUT2D eigenvalue weighted by Crippen LogP contribution is 2.16. The molecule has 0 spiro atoms. The standard InChI is InChI=1S/C12H16N2O2/c13-9-10-3-1-7-14(10)12(15)6-5-11-4-2-8-16-11/h2,4-6,8,10H,1,3,7,9,13H2/b6-5+. The lowest BCUT2D eigenvalue weighted by Crippen LogP contribution is -2.38. The molecule has 2 rings (SSSR count). The Balaban J connectivity index is 1.97. The molecule has 2 heterocycles. The third-order valence-corrected chi connectivity index (χ3v) is 2.87. The molecule has 1 aliphatic rings. The number of furan rings is 1. The van der Waals surface area contributed by atoms with Crippen LogP contribution in [0.2, 0.25) is 0 Å². The molecule has 1 atom stereocenters. The molecule has 0 aliphatic carbocycles. The van der Waals surface area contributed by atoms with Gasteiger partial charge in [0.2, 0.25) is 5.91 Å². The molecule has 1 aliphatic heterocycles. The third kappa shape index (κ3) is 2.33. The minimum Gasteiger partial charge on any atom is -0.465 e. The molecule has 0 saturated carbocycles. The van der Waals surface area contributed by atoms with Gasteiger partial charge in [0.1, 0.15) is 5.76 Å². The van der Waals surface area contributed by atoms with Crippen molar-refractivity contribution in [3.05, 3.63) is 30.2 Å². The second-order valence-corrected chi connectivity index (χ2v) is 3.91. The predicted molar refractivity (Wildman–Crippen MR) is 61.5 cm³/mol. The number of likely N-dealkylation sites (tertiary alicyclic amines) is 1. The smallest absolute Gasteiger partial charge is 0.246 e. The number of nitrogens with zero attached hydrogens (tertiary/aromatic N) is 1. The zero-order valence-electron chi connectivity index (χ0n) is 9.13. The summed E-state index contributed by atoms with van der Waals surface area (Å²) in [5, 5.41) is 0. The van der Waals surface area contributed by atoms with Crippen LogP contribution in [0.3, 0.4) is 0 Å². The van der Waals surface area contributed by atoms with Crippen LogP contribution in [-0.4, -0.2) is 29.9 Å². The molecule has 2 N–H and O–H groups in total. The van der Waals surface area contributed by atoms with Gasteiger partial charge in [-0.2, -0.15) is 0 Å². The minimum absolute atomic E-state index is 0.0179. The van der Waals surface area contributed by atoms with Gasteiger partial charge in [-0.25, -0.2) is 0 Å². The van der Waals surface area contributed by atoms with Crippen molar-refractivity contribution >= 4 is 12.0 Å². The first kappa shape index (κ1) is 11.0. The molecule has 1 saturated heterocycles. The minimum atomic E-state index is 0.0179. The quantitative estimate of drug-likeness (QED) is 0.780. The molecule has 1 aromatic heterocycles. The second-order valence-electron chi connectivity index (χ2n) is 3.91. The van der Waals surface area contributed by atoms with Crippen LogP contribution in [0.15, 0.2) is 28.9 Å². The van der Waals surface area contributed by atoms with Crippen LogP contribution >= 0.6 is 0 Å². The number of nitrogens with two attached hydrogens (primary N) is 1. The van der Waals surface area contributed by atoms with E-state index in [9.17, 15) is 4.79 Å². The van der Waals surface area contributed by atoms with Crippen LogP contribution < -0.4 is 5.73 Å². The van der Waals surface area contributed by atoms with Crippen molar-refractivity contribution in [1.82, 2.24) is 4.90 Å². The summed E-state index contributed by atoms with van der Waals surface area (Å²) >= 11 is 0. The highest BCUT2D eigenvalue weighted by Gasteiger charge is 2.25. The maximum absolute atomic E-state index is 11.9. The zero-order valence-corrected chi connectivity index (χ0v) is 9.13. The Morgan fingerprint density at radius 2 is 2.56 bits per heavy atom. The largest absolute Gasteiger partial charge is 0.465 e. The average Bonchev–Trinajstić information content (AvgIpc) is 2.96. The van der Waals surface area contributed by atoms with Gasteiger partial charge in [0.05, 0.1) is 6.26 Å². The number of hydrogen-bond donors (Lipinski definition) is 1. The van der Waals surface area contributed by atoms with E-state index in [1.165, 1.54) is 0 Å². The Hall–Kier alpha value is -1.55. The highest BCUT2D eigenvalue weighted by molar-refractivity contribution is 5.91. The van der Waals surface area contributed by atoms with E-state index in [1.54, 1.807) is 24.5 Å². The van der Waals surface area contributed by atoms with Gasteiger partial charge in [-0.3, -0.25) is 4.79 Å². The van der Waals surface area contributed by atoms with Crippen molar-refractivity contribution < 1.29 is 9.21 Å². The van der Waals surface area contributed by atoms with Crippen LogP contribution in [0.4, 0.5) is 0 Å². The number of amides is 1. The van der Waals surface area contributed by atoms with Gasteiger partial charge in [-0.15, -0.1) is 0 Å². The predicted octanol–water partition coefficient (Wildman–Crippen LogP) is 1.24. The topological polar surface area (TPSA) is 59.5 Å². The van der Waals surface area contributed by atoms with E-state index in [-0.39, 0.29) is 11.9 Å². The lowest BCUT2D eigenvalue weighted by Gasteiger charge is -2.21. The summed E-state index contributed by atoms with van der Waals surface area (Å²) < 4.78 is 5.12. The van der Waals surface area contributed by atoms with Crippen molar-refractivity contribution in [1.29, 1.82) is 0 Å². The van der Waals surface area contributed by atoms with Gasteiger partial charge < -0.3 is 15.1 Å². The van der Waals surface area contributed by atoms with Crippen molar-refractivity contribution in [2.75, 3.05) is 13.1 Å². The molecule has 4 heteroatoms. The number of rotatable bonds is 3. The van der Waals surface area contributed by atoms with E-state index in [0.29, 0.717) is 12.3 Å². The Morgan fingerprint density at radius 1 is 1.69 bits per heavy atom. The Bertz CT molecular complexity index is 370. The Morgan fingerprint density at radius 3 is 3.25 bits per heavy atom. The molecule has 16 heavy (non-hydrogen) atoms. The van der Waals surface area contributed by atoms with E-state index in [2.05, 4.69) is 0 Å². The fourth-order valence-corrected chi connectivity index (χ4v) is 2.01.